The van der Waals surface area contributed by atoms with E-state index in [1.165, 1.54) is 11.8 Å². The number of hydrogen-bond acceptors (Lipinski definition) is 5. The Balaban J connectivity index is 1.83. The molecule has 1 aromatic carbocycles. The van der Waals surface area contributed by atoms with E-state index in [0.29, 0.717) is 10.8 Å². The number of thioether (sulfide) groups is 1. The predicted molar refractivity (Wildman–Crippen MR) is 84.8 cm³/mol. The Morgan fingerprint density at radius 1 is 1.32 bits per heavy atom. The lowest BCUT2D eigenvalue weighted by Crippen LogP contribution is -2.35. The highest BCUT2D eigenvalue weighted by atomic mass is 32.2. The molecule has 116 valence electrons. The minimum Gasteiger partial charge on any atom is -0.312 e. The molecule has 0 saturated carbocycles. The molecule has 3 amide bonds. The molecule has 0 aliphatic carbocycles. The molecule has 2 aromatic rings. The van der Waals surface area contributed by atoms with Gasteiger partial charge in [-0.3, -0.25) is 10.1 Å². The van der Waals surface area contributed by atoms with E-state index in [9.17, 15) is 9.59 Å². The molecule has 2 rings (SSSR count). The maximum absolute atomic E-state index is 11.8. The van der Waals surface area contributed by atoms with Crippen LogP contribution in [-0.2, 0) is 11.8 Å². The zero-order chi connectivity index (χ0) is 16.1. The molecule has 8 heteroatoms. The number of nitrogens with one attached hydrogen (secondary N) is 2. The van der Waals surface area contributed by atoms with Crippen LogP contribution < -0.4 is 10.6 Å². The first-order valence-electron chi connectivity index (χ1n) is 6.60. The summed E-state index contributed by atoms with van der Waals surface area (Å²) in [5.74, 6) is -0.303. The van der Waals surface area contributed by atoms with E-state index in [2.05, 4.69) is 20.8 Å². The number of imide groups is 1. The van der Waals surface area contributed by atoms with Gasteiger partial charge in [0.1, 0.15) is 6.33 Å². The molecule has 0 bridgehead atoms. The van der Waals surface area contributed by atoms with Gasteiger partial charge in [0, 0.05) is 12.7 Å². The lowest BCUT2D eigenvalue weighted by Gasteiger charge is -2.09. The van der Waals surface area contributed by atoms with Crippen molar-refractivity contribution in [1.82, 2.24) is 20.1 Å². The molecule has 1 aromatic heterocycles. The summed E-state index contributed by atoms with van der Waals surface area (Å²) < 4.78 is 1.70. The third-order valence-electron chi connectivity index (χ3n) is 2.89. The van der Waals surface area contributed by atoms with Crippen molar-refractivity contribution in [1.29, 1.82) is 0 Å². The second-order valence-electron chi connectivity index (χ2n) is 4.83. The minimum absolute atomic E-state index is 0.0901. The number of urea groups is 1. The van der Waals surface area contributed by atoms with E-state index in [1.807, 2.05) is 32.0 Å². The van der Waals surface area contributed by atoms with Gasteiger partial charge in [-0.05, 0) is 25.5 Å². The van der Waals surface area contributed by atoms with Crippen LogP contribution in [0.4, 0.5) is 10.5 Å². The summed E-state index contributed by atoms with van der Waals surface area (Å²) in [7, 11) is 1.78. The van der Waals surface area contributed by atoms with E-state index in [1.54, 1.807) is 17.9 Å². The van der Waals surface area contributed by atoms with Crippen LogP contribution in [0.1, 0.15) is 11.1 Å². The van der Waals surface area contributed by atoms with Gasteiger partial charge in [-0.1, -0.05) is 29.5 Å². The van der Waals surface area contributed by atoms with Crippen LogP contribution in [-0.4, -0.2) is 32.5 Å². The van der Waals surface area contributed by atoms with Crippen LogP contribution in [0.2, 0.25) is 0 Å². The largest absolute Gasteiger partial charge is 0.325 e. The second kappa shape index (κ2) is 7.08. The highest BCUT2D eigenvalue weighted by Gasteiger charge is 2.11. The lowest BCUT2D eigenvalue weighted by atomic mass is 10.1. The fraction of sp³-hybridized carbons (Fsp3) is 0.286. The number of anilines is 1. The quantitative estimate of drug-likeness (QED) is 0.840. The van der Waals surface area contributed by atoms with E-state index in [0.717, 1.165) is 11.1 Å². The monoisotopic (exact) mass is 319 g/mol. The van der Waals surface area contributed by atoms with E-state index < -0.39 is 11.9 Å². The normalized spacial score (nSPS) is 10.3. The zero-order valence-corrected chi connectivity index (χ0v) is 13.4. The predicted octanol–water partition coefficient (Wildman–Crippen LogP) is 1.87. The van der Waals surface area contributed by atoms with Crippen LogP contribution in [0.25, 0.3) is 0 Å². The minimum atomic E-state index is -0.546. The molecule has 0 atom stereocenters. The van der Waals surface area contributed by atoms with Crippen molar-refractivity contribution in [2.24, 2.45) is 7.05 Å². The third-order valence-corrected chi connectivity index (χ3v) is 3.92. The summed E-state index contributed by atoms with van der Waals surface area (Å²) in [6.45, 7) is 3.87. The number of aryl methyl sites for hydroxylation is 3. The highest BCUT2D eigenvalue weighted by molar-refractivity contribution is 7.99. The molecule has 0 saturated heterocycles. The molecule has 0 unspecified atom stereocenters. The van der Waals surface area contributed by atoms with Crippen LogP contribution >= 0.6 is 11.8 Å². The van der Waals surface area contributed by atoms with Crippen molar-refractivity contribution in [2.75, 3.05) is 11.1 Å². The number of nitrogens with zero attached hydrogens (tertiary/aromatic N) is 3. The number of hydrogen-bond donors (Lipinski definition) is 2. The van der Waals surface area contributed by atoms with E-state index in [4.69, 9.17) is 0 Å². The van der Waals surface area contributed by atoms with Gasteiger partial charge in [-0.25, -0.2) is 4.79 Å². The Morgan fingerprint density at radius 2 is 2.09 bits per heavy atom. The summed E-state index contributed by atoms with van der Waals surface area (Å²) >= 11 is 1.21. The summed E-state index contributed by atoms with van der Waals surface area (Å²) in [4.78, 5) is 23.5. The Hall–Kier alpha value is -2.35. The molecular formula is C14H17N5O2S. The standard InChI is InChI=1S/C14H17N5O2S/c1-9-4-5-11(10(2)6-9)16-13(21)17-12(20)7-22-14-18-15-8-19(14)3/h4-6,8H,7H2,1-3H3,(H2,16,17,20,21). The molecule has 2 N–H and O–H groups in total. The van der Waals surface area contributed by atoms with Crippen LogP contribution in [0.15, 0.2) is 29.7 Å². The van der Waals surface area contributed by atoms with Gasteiger partial charge in [0.05, 0.1) is 5.75 Å². The van der Waals surface area contributed by atoms with Gasteiger partial charge in [-0.2, -0.15) is 0 Å². The maximum Gasteiger partial charge on any atom is 0.325 e. The van der Waals surface area contributed by atoms with Crippen molar-refractivity contribution >= 4 is 29.4 Å². The van der Waals surface area contributed by atoms with Gasteiger partial charge >= 0.3 is 6.03 Å². The summed E-state index contributed by atoms with van der Waals surface area (Å²) in [5, 5.41) is 13.1. The Kier molecular flexibility index (Phi) is 5.16. The first-order chi connectivity index (χ1) is 10.5. The van der Waals surface area contributed by atoms with Gasteiger partial charge in [0.25, 0.3) is 0 Å². The first kappa shape index (κ1) is 16.0. The molecule has 7 nitrogen and oxygen atoms in total. The number of amides is 3. The fourth-order valence-corrected chi connectivity index (χ4v) is 2.49. The topological polar surface area (TPSA) is 88.9 Å². The number of carbonyl (C=O) groups is 2. The van der Waals surface area contributed by atoms with Crippen LogP contribution in [0.3, 0.4) is 0 Å². The Labute approximate surface area is 132 Å². The number of carbonyl (C=O) groups excluding carboxylic acids is 2. The molecule has 0 spiro atoms. The smallest absolute Gasteiger partial charge is 0.312 e. The van der Waals surface area contributed by atoms with Gasteiger partial charge in [-0.15, -0.1) is 10.2 Å². The average Bonchev–Trinajstić information content (AvgIpc) is 2.85. The molecule has 0 fully saturated rings. The molecule has 1 heterocycles. The summed E-state index contributed by atoms with van der Waals surface area (Å²) in [6.07, 6.45) is 1.55. The maximum atomic E-state index is 11.8. The molecule has 0 aliphatic heterocycles. The third kappa shape index (κ3) is 4.32. The number of benzene rings is 1. The van der Waals surface area contributed by atoms with Crippen molar-refractivity contribution in [3.05, 3.63) is 35.7 Å². The highest BCUT2D eigenvalue weighted by Crippen LogP contribution is 2.16. The molecular weight excluding hydrogens is 302 g/mol. The summed E-state index contributed by atoms with van der Waals surface area (Å²) in [6, 6.07) is 5.12. The first-order valence-corrected chi connectivity index (χ1v) is 7.59. The lowest BCUT2D eigenvalue weighted by molar-refractivity contribution is -0.117. The van der Waals surface area contributed by atoms with Crippen molar-refractivity contribution < 1.29 is 9.59 Å². The van der Waals surface area contributed by atoms with E-state index in [-0.39, 0.29) is 5.75 Å². The van der Waals surface area contributed by atoms with Gasteiger partial charge in [0.15, 0.2) is 5.16 Å². The average molecular weight is 319 g/mol. The van der Waals surface area contributed by atoms with Crippen LogP contribution in [0.5, 0.6) is 0 Å². The zero-order valence-electron chi connectivity index (χ0n) is 12.6. The molecule has 0 radical (unpaired) electrons. The Morgan fingerprint density at radius 3 is 2.73 bits per heavy atom. The van der Waals surface area contributed by atoms with Crippen LogP contribution in [0, 0.1) is 13.8 Å². The summed E-state index contributed by atoms with van der Waals surface area (Å²) in [5.41, 5.74) is 2.73. The van der Waals surface area contributed by atoms with Crippen molar-refractivity contribution in [3.8, 4) is 0 Å². The van der Waals surface area contributed by atoms with E-state index >= 15 is 0 Å². The SMILES string of the molecule is Cc1ccc(NC(=O)NC(=O)CSc2nncn2C)c(C)c1. The number of rotatable bonds is 4. The second-order valence-corrected chi connectivity index (χ2v) is 5.78. The molecule has 22 heavy (non-hydrogen) atoms. The van der Waals surface area contributed by atoms with Crippen molar-refractivity contribution in [2.45, 2.75) is 19.0 Å². The van der Waals surface area contributed by atoms with Crippen molar-refractivity contribution in [3.63, 3.8) is 0 Å². The van der Waals surface area contributed by atoms with Gasteiger partial charge < -0.3 is 9.88 Å². The molecule has 0 aliphatic rings. The Bertz CT molecular complexity index is 698. The van der Waals surface area contributed by atoms with Gasteiger partial charge in [0.2, 0.25) is 5.91 Å². The number of aromatic nitrogens is 3. The fourth-order valence-electron chi connectivity index (χ4n) is 1.80.